The van der Waals surface area contributed by atoms with E-state index in [9.17, 15) is 4.79 Å². The van der Waals surface area contributed by atoms with Gasteiger partial charge in [-0.2, -0.15) is 0 Å². The van der Waals surface area contributed by atoms with Crippen LogP contribution in [-0.4, -0.2) is 60.2 Å². The average Bonchev–Trinajstić information content (AvgIpc) is 3.16. The van der Waals surface area contributed by atoms with Crippen LogP contribution in [-0.2, 0) is 18.3 Å². The summed E-state index contributed by atoms with van der Waals surface area (Å²) < 4.78 is 7.61. The van der Waals surface area contributed by atoms with Crippen molar-refractivity contribution >= 4 is 18.4 Å². The number of carbonyl (C=O) groups excluding carboxylic acids is 1. The molecule has 0 unspecified atom stereocenters. The van der Waals surface area contributed by atoms with Crippen molar-refractivity contribution in [2.45, 2.75) is 65.2 Å². The van der Waals surface area contributed by atoms with Gasteiger partial charge in [-0.15, -0.1) is 12.4 Å². The van der Waals surface area contributed by atoms with Gasteiger partial charge in [0.2, 0.25) is 0 Å². The molecule has 1 aliphatic carbocycles. The summed E-state index contributed by atoms with van der Waals surface area (Å²) in [7, 11) is 1.75. The summed E-state index contributed by atoms with van der Waals surface area (Å²) in [5.74, 6) is 1.46. The van der Waals surface area contributed by atoms with Gasteiger partial charge >= 0.3 is 6.03 Å². The van der Waals surface area contributed by atoms with Gasteiger partial charge < -0.3 is 14.5 Å². The van der Waals surface area contributed by atoms with Gasteiger partial charge in [-0.05, 0) is 86.9 Å². The molecule has 188 valence electrons. The zero-order valence-corrected chi connectivity index (χ0v) is 22.4. The first-order valence-electron chi connectivity index (χ1n) is 12.8. The highest BCUT2D eigenvalue weighted by Gasteiger charge is 2.48. The van der Waals surface area contributed by atoms with E-state index in [1.54, 1.807) is 7.11 Å². The van der Waals surface area contributed by atoms with Crippen molar-refractivity contribution in [1.82, 2.24) is 14.4 Å². The van der Waals surface area contributed by atoms with Crippen molar-refractivity contribution in [1.29, 1.82) is 0 Å². The Bertz CT molecular complexity index is 982. The lowest BCUT2D eigenvalue weighted by Crippen LogP contribution is -2.54. The Hall–Kier alpha value is -1.98. The zero-order valence-electron chi connectivity index (χ0n) is 21.6. The summed E-state index contributed by atoms with van der Waals surface area (Å²) in [6, 6.07) is 8.83. The van der Waals surface area contributed by atoms with Gasteiger partial charge in [0.15, 0.2) is 0 Å². The van der Waals surface area contributed by atoms with Crippen LogP contribution in [0.25, 0.3) is 0 Å². The molecule has 2 atom stereocenters. The molecule has 0 saturated carbocycles. The van der Waals surface area contributed by atoms with Crippen molar-refractivity contribution in [2.24, 2.45) is 5.92 Å². The topological polar surface area (TPSA) is 37.7 Å². The number of carbonyl (C=O) groups is 1. The Kier molecular flexibility index (Phi) is 8.75. The van der Waals surface area contributed by atoms with Crippen LogP contribution in [0.2, 0.25) is 0 Å². The summed E-state index contributed by atoms with van der Waals surface area (Å²) in [5.41, 5.74) is 5.30. The summed E-state index contributed by atoms with van der Waals surface area (Å²) in [6.45, 7) is 13.7. The fourth-order valence-electron chi connectivity index (χ4n) is 6.24. The molecule has 1 aliphatic heterocycles. The Balaban J connectivity index is 0.00000324. The summed E-state index contributed by atoms with van der Waals surface area (Å²) >= 11 is 0. The second-order valence-electron chi connectivity index (χ2n) is 9.99. The van der Waals surface area contributed by atoms with Gasteiger partial charge in [-0.25, -0.2) is 4.79 Å². The highest BCUT2D eigenvalue weighted by atomic mass is 35.5. The van der Waals surface area contributed by atoms with Crippen LogP contribution in [0.5, 0.6) is 5.75 Å². The van der Waals surface area contributed by atoms with E-state index in [1.165, 1.54) is 22.4 Å². The molecule has 0 spiro atoms. The maximum absolute atomic E-state index is 13.7. The predicted octanol–water partition coefficient (Wildman–Crippen LogP) is 5.70. The number of likely N-dealkylation sites (tertiary alicyclic amines) is 1. The Labute approximate surface area is 211 Å². The molecule has 2 aliphatic rings. The third-order valence-corrected chi connectivity index (χ3v) is 8.06. The first-order valence-corrected chi connectivity index (χ1v) is 12.8. The minimum atomic E-state index is 0. The zero-order chi connectivity index (χ0) is 23.6. The molecule has 2 aromatic rings. The second-order valence-corrected chi connectivity index (χ2v) is 9.99. The number of hydrogen-bond donors (Lipinski definition) is 0. The Morgan fingerprint density at radius 3 is 2.59 bits per heavy atom. The number of halogens is 1. The molecule has 0 N–H and O–H groups in total. The van der Waals surface area contributed by atoms with E-state index < -0.39 is 0 Å². The van der Waals surface area contributed by atoms with Crippen LogP contribution in [0.4, 0.5) is 4.79 Å². The molecule has 2 heterocycles. The summed E-state index contributed by atoms with van der Waals surface area (Å²) in [5, 5.41) is 0. The molecular formula is C28H42ClN3O2. The van der Waals surface area contributed by atoms with E-state index in [0.29, 0.717) is 5.92 Å². The van der Waals surface area contributed by atoms with Crippen LogP contribution >= 0.6 is 12.4 Å². The lowest BCUT2D eigenvalue weighted by molar-refractivity contribution is 0.0840. The highest BCUT2D eigenvalue weighted by Crippen LogP contribution is 2.49. The number of piperidine rings is 1. The third kappa shape index (κ3) is 4.74. The lowest BCUT2D eigenvalue weighted by Gasteiger charge is -2.51. The summed E-state index contributed by atoms with van der Waals surface area (Å²) in [6.07, 6.45) is 7.15. The number of fused-ring (bicyclic) bond motifs is 2. The Morgan fingerprint density at radius 1 is 1.21 bits per heavy atom. The van der Waals surface area contributed by atoms with Crippen LogP contribution in [0.15, 0.2) is 30.5 Å². The fraction of sp³-hybridized carbons (Fsp3) is 0.607. The van der Waals surface area contributed by atoms with E-state index in [0.717, 1.165) is 70.6 Å². The van der Waals surface area contributed by atoms with Crippen molar-refractivity contribution in [3.8, 4) is 5.75 Å². The van der Waals surface area contributed by atoms with Crippen LogP contribution in [0, 0.1) is 12.8 Å². The number of methoxy groups -OCH3 is 1. The molecule has 1 amide bonds. The van der Waals surface area contributed by atoms with E-state index in [2.05, 4.69) is 57.0 Å². The first-order chi connectivity index (χ1) is 16.0. The molecule has 6 heteroatoms. The Morgan fingerprint density at radius 2 is 1.94 bits per heavy atom. The van der Waals surface area contributed by atoms with Gasteiger partial charge in [0, 0.05) is 36.9 Å². The normalized spacial score (nSPS) is 21.9. The number of ether oxygens (including phenoxy) is 1. The molecule has 34 heavy (non-hydrogen) atoms. The number of amides is 1. The van der Waals surface area contributed by atoms with Gasteiger partial charge in [0.1, 0.15) is 5.75 Å². The monoisotopic (exact) mass is 487 g/mol. The van der Waals surface area contributed by atoms with Crippen molar-refractivity contribution in [3.63, 3.8) is 0 Å². The van der Waals surface area contributed by atoms with Gasteiger partial charge in [-0.3, -0.25) is 4.57 Å². The lowest BCUT2D eigenvalue weighted by atomic mass is 9.58. The number of hydrogen-bond acceptors (Lipinski definition) is 3. The smallest absolute Gasteiger partial charge is 0.328 e. The molecule has 0 radical (unpaired) electrons. The molecule has 0 bridgehead atoms. The van der Waals surface area contributed by atoms with Crippen LogP contribution in [0.3, 0.4) is 0 Å². The van der Waals surface area contributed by atoms with Crippen molar-refractivity contribution < 1.29 is 9.53 Å². The van der Waals surface area contributed by atoms with E-state index in [1.807, 2.05) is 15.5 Å². The highest BCUT2D eigenvalue weighted by molar-refractivity contribution is 5.85. The third-order valence-electron chi connectivity index (χ3n) is 8.06. The maximum atomic E-state index is 13.7. The standard InChI is InChI=1S/C28H41N3O2.ClH/c1-6-13-30(14-7-2)27(32)31-19-21(4)25-17-23-20-29(8-3)15-12-28(23,18-26(25)31)22-10-9-11-24(16-22)33-5;/h9-11,16,19,23H,6-8,12-15,17-18,20H2,1-5H3;1H/t23-,28+;/m1./s1. The predicted molar refractivity (Wildman–Crippen MR) is 142 cm³/mol. The second kappa shape index (κ2) is 11.2. The van der Waals surface area contributed by atoms with Gasteiger partial charge in [0.25, 0.3) is 0 Å². The molecule has 5 nitrogen and oxygen atoms in total. The molecule has 1 aromatic heterocycles. The van der Waals surface area contributed by atoms with Gasteiger partial charge in [0.05, 0.1) is 7.11 Å². The molecule has 1 fully saturated rings. The average molecular weight is 488 g/mol. The van der Waals surface area contributed by atoms with Crippen molar-refractivity contribution in [2.75, 3.05) is 39.8 Å². The fourth-order valence-corrected chi connectivity index (χ4v) is 6.24. The molecule has 4 rings (SSSR count). The maximum Gasteiger partial charge on any atom is 0.328 e. The number of nitrogens with zero attached hydrogens (tertiary/aromatic N) is 3. The SMILES string of the molecule is CCCN(CCC)C(=O)n1cc(C)c2c1C[C@]1(c3cccc(OC)c3)CCN(CC)C[C@H]1C2.Cl. The first kappa shape index (κ1) is 26.6. The van der Waals surface area contributed by atoms with E-state index in [4.69, 9.17) is 4.74 Å². The number of aryl methyl sites for hydroxylation is 1. The van der Waals surface area contributed by atoms with E-state index in [-0.39, 0.29) is 23.9 Å². The largest absolute Gasteiger partial charge is 0.497 e. The van der Waals surface area contributed by atoms with E-state index >= 15 is 0 Å². The molecule has 1 saturated heterocycles. The number of rotatable bonds is 7. The molecule has 1 aromatic carbocycles. The quantitative estimate of drug-likeness (QED) is 0.503. The van der Waals surface area contributed by atoms with Crippen molar-refractivity contribution in [3.05, 3.63) is 52.8 Å². The number of aromatic nitrogens is 1. The van der Waals surface area contributed by atoms with Gasteiger partial charge in [-0.1, -0.05) is 32.9 Å². The number of benzene rings is 1. The summed E-state index contributed by atoms with van der Waals surface area (Å²) in [4.78, 5) is 18.3. The minimum absolute atomic E-state index is 0. The minimum Gasteiger partial charge on any atom is -0.497 e. The van der Waals surface area contributed by atoms with Crippen LogP contribution in [0.1, 0.15) is 62.4 Å². The molecular weight excluding hydrogens is 446 g/mol. The van der Waals surface area contributed by atoms with Crippen LogP contribution < -0.4 is 4.74 Å².